The van der Waals surface area contributed by atoms with Gasteiger partial charge in [-0.2, -0.15) is 13.2 Å². The number of carbonyl (C=O) groups is 1. The first-order chi connectivity index (χ1) is 10.2. The average molecular weight is 332 g/mol. The molecule has 22 heavy (non-hydrogen) atoms. The van der Waals surface area contributed by atoms with Crippen molar-refractivity contribution in [2.24, 2.45) is 0 Å². The van der Waals surface area contributed by atoms with E-state index in [0.29, 0.717) is 12.8 Å². The second kappa shape index (κ2) is 6.24. The summed E-state index contributed by atoms with van der Waals surface area (Å²) < 4.78 is 61.6. The molecule has 0 aliphatic heterocycles. The Kier molecular flexibility index (Phi) is 4.75. The van der Waals surface area contributed by atoms with Crippen molar-refractivity contribution in [3.8, 4) is 0 Å². The first-order valence-corrected chi connectivity index (χ1v) is 8.47. The Labute approximate surface area is 126 Å². The molecular formula is C15H15F3O3S. The maximum atomic E-state index is 12.4. The minimum absolute atomic E-state index is 0.0343. The van der Waals surface area contributed by atoms with Gasteiger partial charge in [-0.05, 0) is 37.8 Å². The molecule has 0 saturated carbocycles. The van der Waals surface area contributed by atoms with E-state index in [1.165, 1.54) is 0 Å². The van der Waals surface area contributed by atoms with Crippen LogP contribution in [-0.2, 0) is 16.0 Å². The Balaban J connectivity index is 2.13. The third-order valence-electron chi connectivity index (χ3n) is 3.50. The fraction of sp³-hybridized carbons (Fsp3) is 0.400. The van der Waals surface area contributed by atoms with Gasteiger partial charge in [0, 0.05) is 10.5 Å². The Hall–Kier alpha value is -1.63. The molecule has 120 valence electrons. The summed E-state index contributed by atoms with van der Waals surface area (Å²) in [5, 5.41) is 0. The lowest BCUT2D eigenvalue weighted by Crippen LogP contribution is -2.19. The van der Waals surface area contributed by atoms with Gasteiger partial charge in [-0.15, -0.1) is 0 Å². The van der Waals surface area contributed by atoms with E-state index in [9.17, 15) is 26.4 Å². The molecule has 0 saturated heterocycles. The molecule has 0 bridgehead atoms. The van der Waals surface area contributed by atoms with Gasteiger partial charge in [0.05, 0.1) is 5.56 Å². The topological polar surface area (TPSA) is 51.2 Å². The normalized spacial score (nSPS) is 16.2. The number of halogens is 3. The minimum atomic E-state index is -4.49. The third kappa shape index (κ3) is 3.97. The lowest BCUT2D eigenvalue weighted by Gasteiger charge is -2.13. The molecule has 0 N–H and O–H groups in total. The molecule has 0 aromatic heterocycles. The summed E-state index contributed by atoms with van der Waals surface area (Å²) in [5.41, 5.74) is -0.908. The number of Topliss-reactive ketones (excluding diaryl/α,β-unsaturated/α-hetero) is 1. The van der Waals surface area contributed by atoms with Crippen LogP contribution in [0.15, 0.2) is 35.2 Å². The van der Waals surface area contributed by atoms with E-state index in [4.69, 9.17) is 0 Å². The number of hydrogen-bond donors (Lipinski definition) is 0. The summed E-state index contributed by atoms with van der Waals surface area (Å²) >= 11 is 0. The fourth-order valence-electron chi connectivity index (χ4n) is 2.28. The summed E-state index contributed by atoms with van der Waals surface area (Å²) in [6, 6.07) is 3.57. The van der Waals surface area contributed by atoms with E-state index in [1.54, 1.807) is 6.08 Å². The van der Waals surface area contributed by atoms with Crippen molar-refractivity contribution in [3.05, 3.63) is 46.4 Å². The third-order valence-corrected chi connectivity index (χ3v) is 5.32. The SMILES string of the molecule is O=C(CS(=O)(=O)C1=CCCCC1)c1ccc(C(F)(F)F)cc1. The quantitative estimate of drug-likeness (QED) is 0.789. The second-order valence-electron chi connectivity index (χ2n) is 5.17. The monoisotopic (exact) mass is 332 g/mol. The van der Waals surface area contributed by atoms with Crippen molar-refractivity contribution in [2.45, 2.75) is 31.9 Å². The molecule has 0 atom stereocenters. The number of sulfone groups is 1. The van der Waals surface area contributed by atoms with Crippen LogP contribution in [0.3, 0.4) is 0 Å². The molecule has 0 radical (unpaired) electrons. The summed E-state index contributed by atoms with van der Waals surface area (Å²) in [7, 11) is -3.68. The highest BCUT2D eigenvalue weighted by molar-refractivity contribution is 7.95. The van der Waals surface area contributed by atoms with Crippen molar-refractivity contribution in [2.75, 3.05) is 5.75 Å². The first kappa shape index (κ1) is 16.7. The minimum Gasteiger partial charge on any atom is -0.293 e. The van der Waals surface area contributed by atoms with Crippen molar-refractivity contribution in [3.63, 3.8) is 0 Å². The molecule has 3 nitrogen and oxygen atoms in total. The van der Waals surface area contributed by atoms with Crippen LogP contribution >= 0.6 is 0 Å². The van der Waals surface area contributed by atoms with E-state index in [-0.39, 0.29) is 10.5 Å². The molecule has 0 amide bonds. The van der Waals surface area contributed by atoms with Gasteiger partial charge in [0.15, 0.2) is 15.6 Å². The van der Waals surface area contributed by atoms with Gasteiger partial charge in [0.1, 0.15) is 5.75 Å². The van der Waals surface area contributed by atoms with Crippen LogP contribution in [0.5, 0.6) is 0 Å². The Morgan fingerprint density at radius 3 is 2.23 bits per heavy atom. The molecular weight excluding hydrogens is 317 g/mol. The fourth-order valence-corrected chi connectivity index (χ4v) is 3.81. The molecule has 0 unspecified atom stereocenters. The molecule has 2 rings (SSSR count). The Bertz CT molecular complexity index is 686. The summed E-state index contributed by atoms with van der Waals surface area (Å²) in [4.78, 5) is 12.2. The number of ketones is 1. The smallest absolute Gasteiger partial charge is 0.293 e. The van der Waals surface area contributed by atoms with E-state index >= 15 is 0 Å². The maximum absolute atomic E-state index is 12.4. The van der Waals surface area contributed by atoms with Crippen LogP contribution in [0.25, 0.3) is 0 Å². The summed E-state index contributed by atoms with van der Waals surface area (Å²) in [6.07, 6.45) is -0.0868. The Morgan fingerprint density at radius 1 is 1.09 bits per heavy atom. The average Bonchev–Trinajstić information content (AvgIpc) is 2.47. The number of hydrogen-bond acceptors (Lipinski definition) is 3. The van der Waals surface area contributed by atoms with Gasteiger partial charge in [-0.3, -0.25) is 4.79 Å². The molecule has 1 aliphatic rings. The van der Waals surface area contributed by atoms with Crippen molar-refractivity contribution in [1.29, 1.82) is 0 Å². The lowest BCUT2D eigenvalue weighted by atomic mass is 10.1. The number of alkyl halides is 3. The molecule has 0 spiro atoms. The molecule has 1 aromatic carbocycles. The first-order valence-electron chi connectivity index (χ1n) is 6.82. The van der Waals surface area contributed by atoms with Crippen molar-refractivity contribution >= 4 is 15.6 Å². The van der Waals surface area contributed by atoms with Crippen LogP contribution in [-0.4, -0.2) is 20.0 Å². The Morgan fingerprint density at radius 2 is 1.73 bits per heavy atom. The number of allylic oxidation sites excluding steroid dienone is 2. The van der Waals surface area contributed by atoms with E-state index < -0.39 is 33.1 Å². The predicted octanol–water partition coefficient (Wildman–Crippen LogP) is 3.76. The van der Waals surface area contributed by atoms with Gasteiger partial charge in [-0.25, -0.2) is 8.42 Å². The zero-order chi connectivity index (χ0) is 16.4. The lowest BCUT2D eigenvalue weighted by molar-refractivity contribution is -0.137. The number of carbonyl (C=O) groups excluding carboxylic acids is 1. The van der Waals surface area contributed by atoms with E-state index in [0.717, 1.165) is 37.1 Å². The maximum Gasteiger partial charge on any atom is 0.416 e. The van der Waals surface area contributed by atoms with Crippen LogP contribution in [0, 0.1) is 0 Å². The molecule has 1 aliphatic carbocycles. The van der Waals surface area contributed by atoms with Gasteiger partial charge in [0.25, 0.3) is 0 Å². The van der Waals surface area contributed by atoms with E-state index in [1.807, 2.05) is 0 Å². The second-order valence-corrected chi connectivity index (χ2v) is 7.22. The summed E-state index contributed by atoms with van der Waals surface area (Å²) in [5.74, 6) is -1.40. The highest BCUT2D eigenvalue weighted by Gasteiger charge is 2.30. The van der Waals surface area contributed by atoms with Crippen LogP contribution < -0.4 is 0 Å². The molecule has 1 aromatic rings. The molecule has 0 heterocycles. The van der Waals surface area contributed by atoms with Crippen molar-refractivity contribution in [1.82, 2.24) is 0 Å². The zero-order valence-electron chi connectivity index (χ0n) is 11.7. The highest BCUT2D eigenvalue weighted by atomic mass is 32.2. The molecule has 7 heteroatoms. The summed E-state index contributed by atoms with van der Waals surface area (Å²) in [6.45, 7) is 0. The van der Waals surface area contributed by atoms with Gasteiger partial charge in [0.2, 0.25) is 0 Å². The molecule has 0 fully saturated rings. The van der Waals surface area contributed by atoms with Gasteiger partial charge < -0.3 is 0 Å². The zero-order valence-corrected chi connectivity index (χ0v) is 12.5. The standard InChI is InChI=1S/C15H15F3O3S/c16-15(17,18)12-8-6-11(7-9-12)14(19)10-22(20,21)13-4-2-1-3-5-13/h4,6-9H,1-3,5,10H2. The largest absolute Gasteiger partial charge is 0.416 e. The van der Waals surface area contributed by atoms with Gasteiger partial charge in [-0.1, -0.05) is 18.2 Å². The van der Waals surface area contributed by atoms with Crippen LogP contribution in [0.2, 0.25) is 0 Å². The number of rotatable bonds is 4. The van der Waals surface area contributed by atoms with Gasteiger partial charge >= 0.3 is 6.18 Å². The number of benzene rings is 1. The predicted molar refractivity (Wildman–Crippen MR) is 76.1 cm³/mol. The highest BCUT2D eigenvalue weighted by Crippen LogP contribution is 2.29. The van der Waals surface area contributed by atoms with Crippen LogP contribution in [0.1, 0.15) is 41.6 Å². The van der Waals surface area contributed by atoms with E-state index in [2.05, 4.69) is 0 Å². The van der Waals surface area contributed by atoms with Crippen LogP contribution in [0.4, 0.5) is 13.2 Å². The van der Waals surface area contributed by atoms with Crippen molar-refractivity contribution < 1.29 is 26.4 Å².